The third-order valence-electron chi connectivity index (χ3n) is 3.95. The van der Waals surface area contributed by atoms with E-state index in [9.17, 15) is 9.90 Å². The van der Waals surface area contributed by atoms with Gasteiger partial charge in [-0.1, -0.05) is 13.3 Å². The molecule has 4 heteroatoms. The van der Waals surface area contributed by atoms with E-state index in [2.05, 4.69) is 6.92 Å². The molecule has 0 spiro atoms. The zero-order valence-electron chi connectivity index (χ0n) is 12.3. The molecule has 1 aliphatic heterocycles. The Morgan fingerprint density at radius 3 is 2.90 bits per heavy atom. The van der Waals surface area contributed by atoms with Crippen molar-refractivity contribution >= 4 is 5.91 Å². The summed E-state index contributed by atoms with van der Waals surface area (Å²) in [5.74, 6) is 0.487. The Morgan fingerprint density at radius 1 is 1.45 bits per heavy atom. The molecule has 1 fully saturated rings. The molecule has 0 bridgehead atoms. The van der Waals surface area contributed by atoms with Crippen LogP contribution in [0.15, 0.2) is 18.2 Å². The van der Waals surface area contributed by atoms with Crippen molar-refractivity contribution in [1.82, 2.24) is 4.90 Å². The van der Waals surface area contributed by atoms with Crippen molar-refractivity contribution in [3.63, 3.8) is 0 Å². The van der Waals surface area contributed by atoms with Gasteiger partial charge in [-0.2, -0.15) is 0 Å². The molecule has 1 N–H and O–H groups in total. The number of benzene rings is 1. The van der Waals surface area contributed by atoms with Crippen molar-refractivity contribution in [2.45, 2.75) is 45.1 Å². The fourth-order valence-electron chi connectivity index (χ4n) is 2.88. The Bertz CT molecular complexity index is 471. The van der Waals surface area contributed by atoms with Gasteiger partial charge in [0.2, 0.25) is 0 Å². The number of carbonyl (C=O) groups is 1. The van der Waals surface area contributed by atoms with Gasteiger partial charge in [-0.05, 0) is 37.8 Å². The smallest absolute Gasteiger partial charge is 0.257 e. The maximum atomic E-state index is 12.6. The van der Waals surface area contributed by atoms with E-state index in [1.54, 1.807) is 12.1 Å². The summed E-state index contributed by atoms with van der Waals surface area (Å²) in [4.78, 5) is 14.6. The lowest BCUT2D eigenvalue weighted by atomic mass is 9.97. The number of carbonyl (C=O) groups excluding carboxylic acids is 1. The molecular weight excluding hydrogens is 254 g/mol. The molecule has 1 amide bonds. The normalized spacial score (nSPS) is 18.9. The summed E-state index contributed by atoms with van der Waals surface area (Å²) in [7, 11) is 1.54. The SMILES string of the molecule is CCCC1CCCCN1C(=O)c1ccc(OC)cc1O. The summed E-state index contributed by atoms with van der Waals surface area (Å²) < 4.78 is 5.05. The van der Waals surface area contributed by atoms with Gasteiger partial charge in [0.25, 0.3) is 5.91 Å². The molecule has 110 valence electrons. The summed E-state index contributed by atoms with van der Waals surface area (Å²) in [6.07, 6.45) is 5.40. The number of ether oxygens (including phenoxy) is 1. The number of hydrogen-bond acceptors (Lipinski definition) is 3. The summed E-state index contributed by atoms with van der Waals surface area (Å²) >= 11 is 0. The van der Waals surface area contributed by atoms with Crippen molar-refractivity contribution in [3.05, 3.63) is 23.8 Å². The fourth-order valence-corrected chi connectivity index (χ4v) is 2.88. The minimum atomic E-state index is -0.0664. The lowest BCUT2D eigenvalue weighted by Gasteiger charge is -2.36. The lowest BCUT2D eigenvalue weighted by molar-refractivity contribution is 0.0597. The first-order chi connectivity index (χ1) is 9.67. The Morgan fingerprint density at radius 2 is 2.25 bits per heavy atom. The average Bonchev–Trinajstić information content (AvgIpc) is 2.47. The maximum Gasteiger partial charge on any atom is 0.257 e. The summed E-state index contributed by atoms with van der Waals surface area (Å²) in [6, 6.07) is 5.16. The van der Waals surface area contributed by atoms with Crippen LogP contribution in [0.4, 0.5) is 0 Å². The second-order valence-corrected chi connectivity index (χ2v) is 5.32. The minimum absolute atomic E-state index is 0.00447. The van der Waals surface area contributed by atoms with Gasteiger partial charge in [0.05, 0.1) is 12.7 Å². The second kappa shape index (κ2) is 6.64. The first kappa shape index (κ1) is 14.7. The Kier molecular flexibility index (Phi) is 4.88. The van der Waals surface area contributed by atoms with Crippen molar-refractivity contribution < 1.29 is 14.6 Å². The van der Waals surface area contributed by atoms with Crippen molar-refractivity contribution in [2.24, 2.45) is 0 Å². The highest BCUT2D eigenvalue weighted by atomic mass is 16.5. The van der Waals surface area contributed by atoms with Gasteiger partial charge in [0, 0.05) is 18.7 Å². The second-order valence-electron chi connectivity index (χ2n) is 5.32. The maximum absolute atomic E-state index is 12.6. The van der Waals surface area contributed by atoms with Crippen LogP contribution in [0.1, 0.15) is 49.4 Å². The topological polar surface area (TPSA) is 49.8 Å². The van der Waals surface area contributed by atoms with Gasteiger partial charge >= 0.3 is 0 Å². The molecule has 1 aliphatic rings. The molecule has 20 heavy (non-hydrogen) atoms. The Labute approximate surface area is 120 Å². The van der Waals surface area contributed by atoms with Crippen LogP contribution in [0, 0.1) is 0 Å². The van der Waals surface area contributed by atoms with Gasteiger partial charge in [-0.15, -0.1) is 0 Å². The summed E-state index contributed by atoms with van der Waals surface area (Å²) in [5, 5.41) is 10.0. The van der Waals surface area contributed by atoms with Crippen LogP contribution in [0.2, 0.25) is 0 Å². The summed E-state index contributed by atoms with van der Waals surface area (Å²) in [6.45, 7) is 2.93. The van der Waals surface area contributed by atoms with Gasteiger partial charge in [-0.25, -0.2) is 0 Å². The first-order valence-electron chi connectivity index (χ1n) is 7.35. The van der Waals surface area contributed by atoms with Gasteiger partial charge in [-0.3, -0.25) is 4.79 Å². The van der Waals surface area contributed by atoms with E-state index in [-0.39, 0.29) is 11.7 Å². The molecular formula is C16H23NO3. The van der Waals surface area contributed by atoms with Crippen LogP contribution in [-0.2, 0) is 0 Å². The molecule has 1 heterocycles. The highest BCUT2D eigenvalue weighted by molar-refractivity contribution is 5.97. The van der Waals surface area contributed by atoms with E-state index in [0.29, 0.717) is 17.4 Å². The number of piperidine rings is 1. The fraction of sp³-hybridized carbons (Fsp3) is 0.562. The predicted octanol–water partition coefficient (Wildman–Crippen LogP) is 3.20. The van der Waals surface area contributed by atoms with E-state index < -0.39 is 0 Å². The highest BCUT2D eigenvalue weighted by Crippen LogP contribution is 2.28. The van der Waals surface area contributed by atoms with Crippen molar-refractivity contribution in [1.29, 1.82) is 0 Å². The first-order valence-corrected chi connectivity index (χ1v) is 7.35. The molecule has 1 saturated heterocycles. The van der Waals surface area contributed by atoms with E-state index in [1.165, 1.54) is 19.6 Å². The molecule has 1 atom stereocenters. The monoisotopic (exact) mass is 277 g/mol. The van der Waals surface area contributed by atoms with E-state index in [1.807, 2.05) is 4.90 Å². The molecule has 1 aromatic rings. The zero-order valence-corrected chi connectivity index (χ0v) is 12.3. The van der Waals surface area contributed by atoms with Gasteiger partial charge < -0.3 is 14.7 Å². The molecule has 4 nitrogen and oxygen atoms in total. The van der Waals surface area contributed by atoms with Crippen LogP contribution in [0.25, 0.3) is 0 Å². The van der Waals surface area contributed by atoms with Gasteiger partial charge in [0.15, 0.2) is 0 Å². The number of aromatic hydroxyl groups is 1. The van der Waals surface area contributed by atoms with Crippen molar-refractivity contribution in [3.8, 4) is 11.5 Å². The molecule has 1 unspecified atom stereocenters. The predicted molar refractivity (Wildman–Crippen MR) is 78.2 cm³/mol. The number of amides is 1. The van der Waals surface area contributed by atoms with Crippen LogP contribution >= 0.6 is 0 Å². The zero-order chi connectivity index (χ0) is 14.5. The molecule has 0 aliphatic carbocycles. The number of nitrogens with zero attached hydrogens (tertiary/aromatic N) is 1. The van der Waals surface area contributed by atoms with Crippen LogP contribution in [0.5, 0.6) is 11.5 Å². The molecule has 0 saturated carbocycles. The number of phenols is 1. The number of methoxy groups -OCH3 is 1. The van der Waals surface area contributed by atoms with Crippen LogP contribution < -0.4 is 4.74 Å². The Hall–Kier alpha value is -1.71. The van der Waals surface area contributed by atoms with E-state index in [0.717, 1.165) is 32.2 Å². The number of hydrogen-bond donors (Lipinski definition) is 1. The number of rotatable bonds is 4. The minimum Gasteiger partial charge on any atom is -0.507 e. The standard InChI is InChI=1S/C16H23NO3/c1-3-6-12-7-4-5-10-17(12)16(19)14-9-8-13(20-2)11-15(14)18/h8-9,11-12,18H,3-7,10H2,1-2H3. The number of likely N-dealkylation sites (tertiary alicyclic amines) is 1. The quantitative estimate of drug-likeness (QED) is 0.919. The molecule has 1 aromatic carbocycles. The average molecular weight is 277 g/mol. The lowest BCUT2D eigenvalue weighted by Crippen LogP contribution is -2.43. The third-order valence-corrected chi connectivity index (χ3v) is 3.95. The van der Waals surface area contributed by atoms with Gasteiger partial charge in [0.1, 0.15) is 11.5 Å². The number of phenolic OH excluding ortho intramolecular Hbond substituents is 1. The largest absolute Gasteiger partial charge is 0.507 e. The highest BCUT2D eigenvalue weighted by Gasteiger charge is 2.28. The van der Waals surface area contributed by atoms with Crippen LogP contribution in [-0.4, -0.2) is 35.6 Å². The third kappa shape index (κ3) is 3.06. The molecule has 0 aromatic heterocycles. The van der Waals surface area contributed by atoms with Crippen molar-refractivity contribution in [2.75, 3.05) is 13.7 Å². The van der Waals surface area contributed by atoms with E-state index >= 15 is 0 Å². The molecule has 2 rings (SSSR count). The molecule has 0 radical (unpaired) electrons. The van der Waals surface area contributed by atoms with E-state index in [4.69, 9.17) is 4.74 Å². The van der Waals surface area contributed by atoms with Crippen LogP contribution in [0.3, 0.4) is 0 Å². The summed E-state index contributed by atoms with van der Waals surface area (Å²) in [5.41, 5.74) is 0.369. The Balaban J connectivity index is 2.20.